The molecule has 29 heavy (non-hydrogen) atoms. The summed E-state index contributed by atoms with van der Waals surface area (Å²) in [6.07, 6.45) is 0. The summed E-state index contributed by atoms with van der Waals surface area (Å²) in [5.74, 6) is -0.106. The van der Waals surface area contributed by atoms with E-state index in [2.05, 4.69) is 54.3 Å². The van der Waals surface area contributed by atoms with Crippen molar-refractivity contribution in [3.63, 3.8) is 0 Å². The van der Waals surface area contributed by atoms with Crippen molar-refractivity contribution in [1.82, 2.24) is 4.90 Å². The third-order valence-electron chi connectivity index (χ3n) is 5.92. The molecule has 1 aliphatic rings. The van der Waals surface area contributed by atoms with Gasteiger partial charge in [0.1, 0.15) is 5.60 Å². The highest BCUT2D eigenvalue weighted by molar-refractivity contribution is 5.43. The molecule has 0 saturated carbocycles. The fraction of sp³-hybridized carbons (Fsp3) is 0.308. The van der Waals surface area contributed by atoms with Crippen molar-refractivity contribution >= 4 is 0 Å². The van der Waals surface area contributed by atoms with Crippen molar-refractivity contribution in [2.75, 3.05) is 32.8 Å². The zero-order valence-corrected chi connectivity index (χ0v) is 17.0. The Kier molecular flexibility index (Phi) is 6.10. The molecule has 3 heteroatoms. The van der Waals surface area contributed by atoms with Gasteiger partial charge in [0.25, 0.3) is 0 Å². The van der Waals surface area contributed by atoms with E-state index in [1.807, 2.05) is 42.5 Å². The van der Waals surface area contributed by atoms with Crippen LogP contribution in [-0.2, 0) is 10.3 Å². The van der Waals surface area contributed by atoms with Crippen LogP contribution in [0.25, 0.3) is 0 Å². The summed E-state index contributed by atoms with van der Waals surface area (Å²) in [7, 11) is 0. The zero-order chi connectivity index (χ0) is 20.1. The minimum Gasteiger partial charge on any atom is -0.380 e. The maximum atomic E-state index is 12.5. The number of nitrogens with zero attached hydrogens (tertiary/aromatic N) is 1. The van der Waals surface area contributed by atoms with Gasteiger partial charge in [-0.15, -0.1) is 0 Å². The highest BCUT2D eigenvalue weighted by atomic mass is 16.5. The summed E-state index contributed by atoms with van der Waals surface area (Å²) >= 11 is 0. The largest absolute Gasteiger partial charge is 0.380 e. The van der Waals surface area contributed by atoms with Crippen LogP contribution in [0.5, 0.6) is 0 Å². The molecule has 0 radical (unpaired) electrons. The van der Waals surface area contributed by atoms with Crippen molar-refractivity contribution in [1.29, 1.82) is 0 Å². The fourth-order valence-corrected chi connectivity index (χ4v) is 4.35. The fourth-order valence-electron chi connectivity index (χ4n) is 4.35. The number of aliphatic hydroxyl groups is 1. The van der Waals surface area contributed by atoms with Crippen molar-refractivity contribution in [3.8, 4) is 0 Å². The predicted molar refractivity (Wildman–Crippen MR) is 117 cm³/mol. The molecule has 0 bridgehead atoms. The van der Waals surface area contributed by atoms with Gasteiger partial charge in [0, 0.05) is 25.6 Å². The molecule has 2 atom stereocenters. The van der Waals surface area contributed by atoms with E-state index in [-0.39, 0.29) is 5.92 Å². The van der Waals surface area contributed by atoms with Crippen LogP contribution in [0.4, 0.5) is 0 Å². The zero-order valence-electron chi connectivity index (χ0n) is 17.0. The van der Waals surface area contributed by atoms with Gasteiger partial charge in [-0.3, -0.25) is 4.90 Å². The van der Waals surface area contributed by atoms with Crippen molar-refractivity contribution in [2.45, 2.75) is 18.4 Å². The molecular formula is C26H29NO2. The van der Waals surface area contributed by atoms with Gasteiger partial charge in [-0.2, -0.15) is 0 Å². The van der Waals surface area contributed by atoms with Crippen LogP contribution in [0.3, 0.4) is 0 Å². The van der Waals surface area contributed by atoms with E-state index in [0.717, 1.165) is 55.1 Å². The summed E-state index contributed by atoms with van der Waals surface area (Å²) < 4.78 is 5.55. The maximum Gasteiger partial charge on any atom is 0.123 e. The molecule has 3 aromatic rings. The topological polar surface area (TPSA) is 32.7 Å². The van der Waals surface area contributed by atoms with E-state index < -0.39 is 5.60 Å². The highest BCUT2D eigenvalue weighted by Gasteiger charge is 2.42. The highest BCUT2D eigenvalue weighted by Crippen LogP contribution is 2.43. The molecule has 4 rings (SSSR count). The summed E-state index contributed by atoms with van der Waals surface area (Å²) in [5, 5.41) is 12.5. The molecule has 0 amide bonds. The lowest BCUT2D eigenvalue weighted by molar-refractivity contribution is 0.000748. The number of benzene rings is 3. The molecule has 1 fully saturated rings. The van der Waals surface area contributed by atoms with Crippen LogP contribution in [0.15, 0.2) is 84.9 Å². The average molecular weight is 388 g/mol. The molecule has 1 heterocycles. The van der Waals surface area contributed by atoms with Gasteiger partial charge in [0.2, 0.25) is 0 Å². The maximum absolute atomic E-state index is 12.5. The molecule has 3 aromatic carbocycles. The Hall–Kier alpha value is -2.46. The summed E-state index contributed by atoms with van der Waals surface area (Å²) in [4.78, 5) is 2.41. The van der Waals surface area contributed by atoms with Crippen molar-refractivity contribution < 1.29 is 9.84 Å². The van der Waals surface area contributed by atoms with Crippen LogP contribution >= 0.6 is 0 Å². The lowest BCUT2D eigenvalue weighted by atomic mass is 9.72. The third-order valence-corrected chi connectivity index (χ3v) is 5.92. The Morgan fingerprint density at radius 3 is 2.14 bits per heavy atom. The average Bonchev–Trinajstić information content (AvgIpc) is 2.79. The van der Waals surface area contributed by atoms with E-state index >= 15 is 0 Å². The van der Waals surface area contributed by atoms with Gasteiger partial charge in [0.15, 0.2) is 0 Å². The van der Waals surface area contributed by atoms with Gasteiger partial charge >= 0.3 is 0 Å². The monoisotopic (exact) mass is 387 g/mol. The van der Waals surface area contributed by atoms with Gasteiger partial charge in [-0.25, -0.2) is 0 Å². The van der Waals surface area contributed by atoms with Crippen LogP contribution in [0, 0.1) is 6.92 Å². The first-order valence-electron chi connectivity index (χ1n) is 10.4. The second-order valence-electron chi connectivity index (χ2n) is 7.88. The van der Waals surface area contributed by atoms with Gasteiger partial charge in [-0.05, 0) is 23.6 Å². The number of ether oxygens (including phenoxy) is 1. The molecule has 1 aliphatic heterocycles. The molecule has 0 spiro atoms. The molecule has 3 nitrogen and oxygen atoms in total. The first-order chi connectivity index (χ1) is 14.2. The van der Waals surface area contributed by atoms with E-state index in [1.165, 1.54) is 0 Å². The van der Waals surface area contributed by atoms with E-state index in [1.54, 1.807) is 0 Å². The van der Waals surface area contributed by atoms with Crippen molar-refractivity contribution in [2.24, 2.45) is 0 Å². The second-order valence-corrected chi connectivity index (χ2v) is 7.88. The number of rotatable bonds is 6. The molecule has 1 N–H and O–H groups in total. The minimum absolute atomic E-state index is 0.106. The predicted octanol–water partition coefficient (Wildman–Crippen LogP) is 4.35. The van der Waals surface area contributed by atoms with Crippen molar-refractivity contribution in [3.05, 3.63) is 107 Å². The number of morpholine rings is 1. The van der Waals surface area contributed by atoms with Crippen LogP contribution in [-0.4, -0.2) is 42.9 Å². The number of hydrogen-bond acceptors (Lipinski definition) is 3. The quantitative estimate of drug-likeness (QED) is 0.683. The minimum atomic E-state index is -1.13. The van der Waals surface area contributed by atoms with Crippen LogP contribution < -0.4 is 0 Å². The molecule has 1 saturated heterocycles. The first kappa shape index (κ1) is 19.8. The molecule has 0 aliphatic carbocycles. The summed E-state index contributed by atoms with van der Waals surface area (Å²) in [6, 6.07) is 28.8. The Bertz CT molecular complexity index is 906. The van der Waals surface area contributed by atoms with Crippen LogP contribution in [0.2, 0.25) is 0 Å². The van der Waals surface area contributed by atoms with Gasteiger partial charge in [-0.1, -0.05) is 90.5 Å². The van der Waals surface area contributed by atoms with Gasteiger partial charge in [0.05, 0.1) is 13.2 Å². The number of aryl methyl sites for hydroxylation is 1. The number of hydrogen-bond donors (Lipinski definition) is 1. The Morgan fingerprint density at radius 1 is 0.862 bits per heavy atom. The molecular weight excluding hydrogens is 358 g/mol. The van der Waals surface area contributed by atoms with Crippen LogP contribution in [0.1, 0.15) is 28.2 Å². The lowest BCUT2D eigenvalue weighted by Crippen LogP contribution is -2.45. The molecule has 0 aromatic heterocycles. The van der Waals surface area contributed by atoms with Gasteiger partial charge < -0.3 is 9.84 Å². The normalized spacial score (nSPS) is 18.1. The summed E-state index contributed by atoms with van der Waals surface area (Å²) in [6.45, 7) is 6.12. The van der Waals surface area contributed by atoms with E-state index in [9.17, 15) is 5.11 Å². The molecule has 150 valence electrons. The smallest absolute Gasteiger partial charge is 0.123 e. The first-order valence-corrected chi connectivity index (χ1v) is 10.4. The SMILES string of the molecule is Cc1cccc([C@](O)(c2ccccc2)[C@@H](CN2CCOCC2)c2ccccc2)c1. The van der Waals surface area contributed by atoms with E-state index in [0.29, 0.717) is 0 Å². The Labute approximate surface area is 173 Å². The second kappa shape index (κ2) is 8.91. The Morgan fingerprint density at radius 2 is 1.48 bits per heavy atom. The van der Waals surface area contributed by atoms with E-state index in [4.69, 9.17) is 4.74 Å². The molecule has 0 unspecified atom stereocenters. The lowest BCUT2D eigenvalue weighted by Gasteiger charge is -2.41. The summed E-state index contributed by atoms with van der Waals surface area (Å²) in [5.41, 5.74) is 3.02. The third kappa shape index (κ3) is 4.27. The standard InChI is InChI=1S/C26H29NO2/c1-21-9-8-14-24(19-21)26(28,23-12-6-3-7-13-23)25(22-10-4-2-5-11-22)20-27-15-17-29-18-16-27/h2-14,19,25,28H,15-18,20H2,1H3/t25-,26+/m0/s1. The Balaban J connectivity index is 1.85.